The minimum atomic E-state index is -1.26. The molecular weight excluding hydrogens is 254 g/mol. The van der Waals surface area contributed by atoms with Crippen LogP contribution in [0.25, 0.3) is 0 Å². The number of carbonyl (C=O) groups is 1. The summed E-state index contributed by atoms with van der Waals surface area (Å²) in [5.41, 5.74) is -0.581. The van der Waals surface area contributed by atoms with Crippen LogP contribution in [0.3, 0.4) is 0 Å². The third-order valence-corrected chi connectivity index (χ3v) is 2.99. The first kappa shape index (κ1) is 13.2. The van der Waals surface area contributed by atoms with E-state index in [1.165, 1.54) is 0 Å². The standard InChI is InChI=1S/C11H13N3O5/c15-8-2-1-3-13(6-8)10-9(14(18)19)4-7(5-12-10)11(16)17/h4-5,8,15H,1-3,6H2,(H,16,17). The van der Waals surface area contributed by atoms with Crippen molar-refractivity contribution in [3.05, 3.63) is 27.9 Å². The van der Waals surface area contributed by atoms with Gasteiger partial charge in [-0.1, -0.05) is 0 Å². The fraction of sp³-hybridized carbons (Fsp3) is 0.455. The summed E-state index contributed by atoms with van der Waals surface area (Å²) in [7, 11) is 0. The summed E-state index contributed by atoms with van der Waals surface area (Å²) in [6.45, 7) is 0.817. The van der Waals surface area contributed by atoms with Crippen molar-refractivity contribution in [1.82, 2.24) is 4.98 Å². The number of carboxylic acids is 1. The van der Waals surface area contributed by atoms with Crippen LogP contribution in [0.4, 0.5) is 11.5 Å². The quantitative estimate of drug-likeness (QED) is 0.609. The molecule has 1 unspecified atom stereocenters. The predicted molar refractivity (Wildman–Crippen MR) is 65.3 cm³/mol. The summed E-state index contributed by atoms with van der Waals surface area (Å²) in [6.07, 6.45) is 1.90. The molecule has 0 radical (unpaired) electrons. The van der Waals surface area contributed by atoms with Crippen molar-refractivity contribution in [1.29, 1.82) is 0 Å². The molecule has 19 heavy (non-hydrogen) atoms. The number of aromatic nitrogens is 1. The molecule has 2 N–H and O–H groups in total. The molecule has 1 atom stereocenters. The lowest BCUT2D eigenvalue weighted by molar-refractivity contribution is -0.384. The van der Waals surface area contributed by atoms with Crippen molar-refractivity contribution in [3.8, 4) is 0 Å². The number of aromatic carboxylic acids is 1. The molecule has 1 fully saturated rings. The van der Waals surface area contributed by atoms with Crippen molar-refractivity contribution in [2.45, 2.75) is 18.9 Å². The number of hydrogen-bond donors (Lipinski definition) is 2. The Hall–Kier alpha value is -2.22. The molecule has 0 aliphatic carbocycles. The van der Waals surface area contributed by atoms with Crippen LogP contribution in [0.5, 0.6) is 0 Å². The molecule has 0 aromatic carbocycles. The number of carboxylic acid groups (broad SMARTS) is 1. The van der Waals surface area contributed by atoms with Crippen LogP contribution in [-0.2, 0) is 0 Å². The van der Waals surface area contributed by atoms with Gasteiger partial charge >= 0.3 is 11.7 Å². The monoisotopic (exact) mass is 267 g/mol. The fourth-order valence-electron chi connectivity index (χ4n) is 2.09. The summed E-state index contributed by atoms with van der Waals surface area (Å²) >= 11 is 0. The van der Waals surface area contributed by atoms with Gasteiger partial charge in [-0.25, -0.2) is 9.78 Å². The number of nitrogens with zero attached hydrogens (tertiary/aromatic N) is 3. The smallest absolute Gasteiger partial charge is 0.337 e. The molecule has 0 bridgehead atoms. The minimum absolute atomic E-state index is 0.105. The second-order valence-corrected chi connectivity index (χ2v) is 4.37. The first-order valence-electron chi connectivity index (χ1n) is 5.80. The number of β-amino-alcohol motifs (C(OH)–C–C–N with tert-alkyl or cyclic N) is 1. The highest BCUT2D eigenvalue weighted by atomic mass is 16.6. The van der Waals surface area contributed by atoms with Crippen LogP contribution >= 0.6 is 0 Å². The summed E-state index contributed by atoms with van der Waals surface area (Å²) in [5.74, 6) is -1.16. The summed E-state index contributed by atoms with van der Waals surface area (Å²) in [5, 5.41) is 29.4. The van der Waals surface area contributed by atoms with Crippen molar-refractivity contribution in [3.63, 3.8) is 0 Å². The molecular formula is C11H13N3O5. The second kappa shape index (κ2) is 5.19. The Morgan fingerprint density at radius 1 is 1.58 bits per heavy atom. The topological polar surface area (TPSA) is 117 Å². The number of hydrogen-bond acceptors (Lipinski definition) is 6. The van der Waals surface area contributed by atoms with E-state index in [0.717, 1.165) is 12.3 Å². The molecule has 8 nitrogen and oxygen atoms in total. The molecule has 1 aliphatic heterocycles. The molecule has 1 aromatic rings. The first-order valence-corrected chi connectivity index (χ1v) is 5.80. The molecule has 1 saturated heterocycles. The molecule has 102 valence electrons. The maximum atomic E-state index is 11.0. The van der Waals surface area contributed by atoms with Crippen molar-refractivity contribution in [2.75, 3.05) is 18.0 Å². The number of nitro groups is 1. The van der Waals surface area contributed by atoms with E-state index >= 15 is 0 Å². The molecule has 0 amide bonds. The van der Waals surface area contributed by atoms with Gasteiger partial charge in [0.15, 0.2) is 0 Å². The SMILES string of the molecule is O=C(O)c1cnc(N2CCCC(O)C2)c([N+](=O)[O-])c1. The van der Waals surface area contributed by atoms with E-state index in [1.54, 1.807) is 4.90 Å². The van der Waals surface area contributed by atoms with E-state index < -0.39 is 17.0 Å². The number of anilines is 1. The molecule has 8 heteroatoms. The Balaban J connectivity index is 2.38. The summed E-state index contributed by atoms with van der Waals surface area (Å²) in [6, 6.07) is 0.992. The Morgan fingerprint density at radius 2 is 2.32 bits per heavy atom. The number of aliphatic hydroxyl groups is 1. The van der Waals surface area contributed by atoms with Crippen LogP contribution < -0.4 is 4.90 Å². The highest BCUT2D eigenvalue weighted by Crippen LogP contribution is 2.28. The van der Waals surface area contributed by atoms with Gasteiger partial charge in [-0.05, 0) is 12.8 Å². The average molecular weight is 267 g/mol. The highest BCUT2D eigenvalue weighted by molar-refractivity contribution is 5.88. The highest BCUT2D eigenvalue weighted by Gasteiger charge is 2.27. The van der Waals surface area contributed by atoms with Gasteiger partial charge in [-0.3, -0.25) is 10.1 Å². The molecule has 0 spiro atoms. The van der Waals surface area contributed by atoms with E-state index in [2.05, 4.69) is 4.98 Å². The van der Waals surface area contributed by atoms with E-state index in [0.29, 0.717) is 19.4 Å². The number of pyridine rings is 1. The zero-order chi connectivity index (χ0) is 14.0. The Morgan fingerprint density at radius 3 is 2.89 bits per heavy atom. The van der Waals surface area contributed by atoms with Gasteiger partial charge in [0.1, 0.15) is 0 Å². The van der Waals surface area contributed by atoms with E-state index in [-0.39, 0.29) is 23.6 Å². The van der Waals surface area contributed by atoms with Gasteiger partial charge < -0.3 is 15.1 Å². The largest absolute Gasteiger partial charge is 0.478 e. The van der Waals surface area contributed by atoms with Gasteiger partial charge in [0.2, 0.25) is 5.82 Å². The predicted octanol–water partition coefficient (Wildman–Crippen LogP) is 0.649. The van der Waals surface area contributed by atoms with Crippen molar-refractivity contribution in [2.24, 2.45) is 0 Å². The van der Waals surface area contributed by atoms with Gasteiger partial charge in [-0.2, -0.15) is 0 Å². The zero-order valence-electron chi connectivity index (χ0n) is 10.0. The number of piperidine rings is 1. The second-order valence-electron chi connectivity index (χ2n) is 4.37. The zero-order valence-corrected chi connectivity index (χ0v) is 10.0. The maximum absolute atomic E-state index is 11.0. The van der Waals surface area contributed by atoms with Gasteiger partial charge in [0.25, 0.3) is 0 Å². The lowest BCUT2D eigenvalue weighted by Gasteiger charge is -2.30. The van der Waals surface area contributed by atoms with E-state index in [1.807, 2.05) is 0 Å². The third kappa shape index (κ3) is 2.79. The fourth-order valence-corrected chi connectivity index (χ4v) is 2.09. The van der Waals surface area contributed by atoms with Gasteiger partial charge in [0, 0.05) is 25.4 Å². The Labute approximate surface area is 108 Å². The molecule has 1 aliphatic rings. The number of aliphatic hydroxyl groups excluding tert-OH is 1. The summed E-state index contributed by atoms with van der Waals surface area (Å²) in [4.78, 5) is 26.6. The maximum Gasteiger partial charge on any atom is 0.337 e. The molecule has 1 aromatic heterocycles. The van der Waals surface area contributed by atoms with Crippen LogP contribution in [0.15, 0.2) is 12.3 Å². The minimum Gasteiger partial charge on any atom is -0.478 e. The average Bonchev–Trinajstić information content (AvgIpc) is 2.37. The lowest BCUT2D eigenvalue weighted by Crippen LogP contribution is -2.39. The van der Waals surface area contributed by atoms with Crippen LogP contribution in [0.2, 0.25) is 0 Å². The normalized spacial score (nSPS) is 19.2. The lowest BCUT2D eigenvalue weighted by atomic mass is 10.1. The number of rotatable bonds is 3. The summed E-state index contributed by atoms with van der Waals surface area (Å²) < 4.78 is 0. The molecule has 2 heterocycles. The van der Waals surface area contributed by atoms with Crippen LogP contribution in [-0.4, -0.2) is 45.3 Å². The van der Waals surface area contributed by atoms with Gasteiger partial charge in [-0.15, -0.1) is 0 Å². The van der Waals surface area contributed by atoms with Gasteiger partial charge in [0.05, 0.1) is 16.6 Å². The van der Waals surface area contributed by atoms with Crippen LogP contribution in [0.1, 0.15) is 23.2 Å². The first-order chi connectivity index (χ1) is 8.99. The molecule has 2 rings (SSSR count). The Bertz CT molecular complexity index is 519. The third-order valence-electron chi connectivity index (χ3n) is 2.99. The van der Waals surface area contributed by atoms with Crippen molar-refractivity contribution < 1.29 is 19.9 Å². The van der Waals surface area contributed by atoms with E-state index in [9.17, 15) is 20.0 Å². The molecule has 0 saturated carbocycles. The van der Waals surface area contributed by atoms with Crippen molar-refractivity contribution >= 4 is 17.5 Å². The van der Waals surface area contributed by atoms with Crippen LogP contribution in [0, 0.1) is 10.1 Å². The Kier molecular flexibility index (Phi) is 3.61. The van der Waals surface area contributed by atoms with E-state index in [4.69, 9.17) is 5.11 Å².